The van der Waals surface area contributed by atoms with E-state index in [0.29, 0.717) is 0 Å². The molecule has 0 N–H and O–H groups in total. The summed E-state index contributed by atoms with van der Waals surface area (Å²) in [5.41, 5.74) is 2.93. The van der Waals surface area contributed by atoms with Crippen LogP contribution in [0.4, 0.5) is 0 Å². The van der Waals surface area contributed by atoms with Crippen molar-refractivity contribution in [2.75, 3.05) is 0 Å². The molecule has 4 nitrogen and oxygen atoms in total. The number of thiazole rings is 1. The SMILES string of the molecule is c1ccc2nc(SCc3cn4ccsc4n3)cnc2c1. The van der Waals surface area contributed by atoms with Crippen LogP contribution in [-0.4, -0.2) is 19.4 Å². The lowest BCUT2D eigenvalue weighted by Gasteiger charge is -2.00. The van der Waals surface area contributed by atoms with Crippen LogP contribution in [0.2, 0.25) is 0 Å². The van der Waals surface area contributed by atoms with Crippen LogP contribution in [0.15, 0.2) is 53.3 Å². The molecule has 1 aromatic carbocycles. The van der Waals surface area contributed by atoms with Gasteiger partial charge in [0.2, 0.25) is 0 Å². The quantitative estimate of drug-likeness (QED) is 0.542. The van der Waals surface area contributed by atoms with E-state index in [0.717, 1.165) is 32.5 Å². The molecule has 98 valence electrons. The van der Waals surface area contributed by atoms with Gasteiger partial charge in [-0.3, -0.25) is 9.38 Å². The smallest absolute Gasteiger partial charge is 0.193 e. The molecule has 4 rings (SSSR count). The summed E-state index contributed by atoms with van der Waals surface area (Å²) in [6.07, 6.45) is 5.91. The fraction of sp³-hybridized carbons (Fsp3) is 0.0714. The topological polar surface area (TPSA) is 43.1 Å². The van der Waals surface area contributed by atoms with Gasteiger partial charge in [0.05, 0.1) is 22.9 Å². The lowest BCUT2D eigenvalue weighted by Crippen LogP contribution is -1.87. The molecule has 20 heavy (non-hydrogen) atoms. The van der Waals surface area contributed by atoms with E-state index in [2.05, 4.69) is 21.1 Å². The second-order valence-corrected chi connectivity index (χ2v) is 6.18. The Kier molecular flexibility index (Phi) is 2.90. The summed E-state index contributed by atoms with van der Waals surface area (Å²) in [6.45, 7) is 0. The van der Waals surface area contributed by atoms with Crippen molar-refractivity contribution in [2.45, 2.75) is 10.8 Å². The molecule has 6 heteroatoms. The first-order chi connectivity index (χ1) is 9.88. The second-order valence-electron chi connectivity index (χ2n) is 4.31. The molecule has 0 atom stereocenters. The van der Waals surface area contributed by atoms with Crippen LogP contribution >= 0.6 is 23.1 Å². The Labute approximate surface area is 123 Å². The Morgan fingerprint density at radius 2 is 2.05 bits per heavy atom. The van der Waals surface area contributed by atoms with Gasteiger partial charge in [-0.05, 0) is 12.1 Å². The molecule has 0 bridgehead atoms. The Balaban J connectivity index is 1.56. The van der Waals surface area contributed by atoms with E-state index < -0.39 is 0 Å². The molecule has 0 saturated carbocycles. The van der Waals surface area contributed by atoms with Crippen LogP contribution in [0.5, 0.6) is 0 Å². The van der Waals surface area contributed by atoms with Crippen molar-refractivity contribution in [3.63, 3.8) is 0 Å². The third kappa shape index (κ3) is 2.17. The third-order valence-corrected chi connectivity index (χ3v) is 4.64. The Hall–Kier alpha value is -1.92. The van der Waals surface area contributed by atoms with Gasteiger partial charge >= 0.3 is 0 Å². The molecule has 0 spiro atoms. The number of aromatic nitrogens is 4. The maximum absolute atomic E-state index is 4.60. The maximum Gasteiger partial charge on any atom is 0.193 e. The molecule has 0 aliphatic carbocycles. The molecular formula is C14H10N4S2. The van der Waals surface area contributed by atoms with E-state index in [1.165, 1.54) is 0 Å². The average molecular weight is 298 g/mol. The number of imidazole rings is 1. The van der Waals surface area contributed by atoms with Crippen molar-refractivity contribution in [1.29, 1.82) is 0 Å². The number of rotatable bonds is 3. The number of para-hydroxylation sites is 2. The summed E-state index contributed by atoms with van der Waals surface area (Å²) in [6, 6.07) is 7.91. The number of hydrogen-bond acceptors (Lipinski definition) is 5. The van der Waals surface area contributed by atoms with Crippen LogP contribution in [0.3, 0.4) is 0 Å². The van der Waals surface area contributed by atoms with E-state index in [9.17, 15) is 0 Å². The highest BCUT2D eigenvalue weighted by Crippen LogP contribution is 2.22. The molecule has 0 aliphatic rings. The summed E-state index contributed by atoms with van der Waals surface area (Å²) in [5, 5.41) is 2.97. The normalized spacial score (nSPS) is 11.4. The number of hydrogen-bond donors (Lipinski definition) is 0. The predicted molar refractivity (Wildman–Crippen MR) is 82.2 cm³/mol. The number of nitrogens with zero attached hydrogens (tertiary/aromatic N) is 4. The molecular weight excluding hydrogens is 288 g/mol. The van der Waals surface area contributed by atoms with Gasteiger partial charge < -0.3 is 0 Å². The van der Waals surface area contributed by atoms with Gasteiger partial charge in [-0.1, -0.05) is 23.9 Å². The van der Waals surface area contributed by atoms with Crippen molar-refractivity contribution in [3.05, 3.63) is 53.9 Å². The largest absolute Gasteiger partial charge is 0.297 e. The molecule has 3 heterocycles. The van der Waals surface area contributed by atoms with Crippen molar-refractivity contribution in [2.24, 2.45) is 0 Å². The number of benzene rings is 1. The van der Waals surface area contributed by atoms with Crippen molar-refractivity contribution in [1.82, 2.24) is 19.4 Å². The fourth-order valence-electron chi connectivity index (χ4n) is 2.00. The standard InChI is InChI=1S/C14H10N4S2/c1-2-4-12-11(3-1)15-7-13(17-12)20-9-10-8-18-5-6-19-14(18)16-10/h1-8H,9H2. The number of thioether (sulfide) groups is 1. The van der Waals surface area contributed by atoms with E-state index in [4.69, 9.17) is 0 Å². The molecule has 0 unspecified atom stereocenters. The van der Waals surface area contributed by atoms with E-state index in [-0.39, 0.29) is 0 Å². The average Bonchev–Trinajstić information content (AvgIpc) is 3.06. The van der Waals surface area contributed by atoms with Crippen molar-refractivity contribution < 1.29 is 0 Å². The Morgan fingerprint density at radius 3 is 2.95 bits per heavy atom. The Morgan fingerprint density at radius 1 is 1.15 bits per heavy atom. The van der Waals surface area contributed by atoms with Crippen molar-refractivity contribution >= 4 is 39.1 Å². The monoisotopic (exact) mass is 298 g/mol. The third-order valence-electron chi connectivity index (χ3n) is 2.94. The minimum absolute atomic E-state index is 0.807. The lowest BCUT2D eigenvalue weighted by molar-refractivity contribution is 1.11. The first kappa shape index (κ1) is 11.9. The summed E-state index contributed by atoms with van der Waals surface area (Å²) < 4.78 is 2.05. The van der Waals surface area contributed by atoms with Gasteiger partial charge in [0.15, 0.2) is 4.96 Å². The van der Waals surface area contributed by atoms with Crippen LogP contribution in [0.1, 0.15) is 5.69 Å². The predicted octanol–water partition coefficient (Wildman–Crippen LogP) is 3.63. The van der Waals surface area contributed by atoms with E-state index >= 15 is 0 Å². The van der Waals surface area contributed by atoms with Crippen LogP contribution in [0, 0.1) is 0 Å². The summed E-state index contributed by atoms with van der Waals surface area (Å²) in [5.74, 6) is 0.807. The lowest BCUT2D eigenvalue weighted by atomic mass is 10.3. The van der Waals surface area contributed by atoms with Gasteiger partial charge in [0, 0.05) is 23.5 Å². The molecule has 0 aliphatic heterocycles. The van der Waals surface area contributed by atoms with Crippen LogP contribution in [0.25, 0.3) is 16.0 Å². The first-order valence-corrected chi connectivity index (χ1v) is 8.01. The fourth-order valence-corrected chi connectivity index (χ4v) is 3.45. The van der Waals surface area contributed by atoms with E-state index in [1.54, 1.807) is 23.1 Å². The molecule has 0 fully saturated rings. The van der Waals surface area contributed by atoms with E-state index in [1.807, 2.05) is 46.4 Å². The molecule has 0 amide bonds. The minimum Gasteiger partial charge on any atom is -0.297 e. The van der Waals surface area contributed by atoms with Crippen molar-refractivity contribution in [3.8, 4) is 0 Å². The van der Waals surface area contributed by atoms with Gasteiger partial charge in [-0.25, -0.2) is 9.97 Å². The molecule has 0 saturated heterocycles. The summed E-state index contributed by atoms with van der Waals surface area (Å²) in [4.78, 5) is 14.6. The highest BCUT2D eigenvalue weighted by Gasteiger charge is 2.05. The minimum atomic E-state index is 0.807. The molecule has 0 radical (unpaired) electrons. The highest BCUT2D eigenvalue weighted by molar-refractivity contribution is 7.98. The zero-order valence-electron chi connectivity index (χ0n) is 10.4. The summed E-state index contributed by atoms with van der Waals surface area (Å²) >= 11 is 3.31. The van der Waals surface area contributed by atoms with Crippen LogP contribution < -0.4 is 0 Å². The van der Waals surface area contributed by atoms with Gasteiger partial charge in [0.1, 0.15) is 5.03 Å². The number of fused-ring (bicyclic) bond motifs is 2. The molecule has 4 aromatic rings. The van der Waals surface area contributed by atoms with Gasteiger partial charge in [-0.15, -0.1) is 11.3 Å². The maximum atomic E-state index is 4.60. The van der Waals surface area contributed by atoms with Gasteiger partial charge in [-0.2, -0.15) is 0 Å². The zero-order chi connectivity index (χ0) is 13.4. The Bertz CT molecular complexity index is 852. The summed E-state index contributed by atoms with van der Waals surface area (Å²) in [7, 11) is 0. The first-order valence-electron chi connectivity index (χ1n) is 6.14. The second kappa shape index (κ2) is 4.88. The highest BCUT2D eigenvalue weighted by atomic mass is 32.2. The zero-order valence-corrected chi connectivity index (χ0v) is 12.1. The van der Waals surface area contributed by atoms with Crippen LogP contribution in [-0.2, 0) is 5.75 Å². The molecule has 3 aromatic heterocycles. The van der Waals surface area contributed by atoms with Gasteiger partial charge in [0.25, 0.3) is 0 Å².